The van der Waals surface area contributed by atoms with Gasteiger partial charge >= 0.3 is 0 Å². The number of pyridine rings is 1. The maximum Gasteiger partial charge on any atom is 0.256 e. The van der Waals surface area contributed by atoms with Crippen molar-refractivity contribution in [2.75, 3.05) is 12.4 Å². The maximum atomic E-state index is 12.5. The molecule has 0 atom stereocenters. The molecule has 3 heterocycles. The summed E-state index contributed by atoms with van der Waals surface area (Å²) in [6.07, 6.45) is 1.73. The van der Waals surface area contributed by atoms with Crippen molar-refractivity contribution in [3.63, 3.8) is 0 Å². The summed E-state index contributed by atoms with van der Waals surface area (Å²) in [6.45, 7) is 5.77. The highest BCUT2D eigenvalue weighted by molar-refractivity contribution is 6.03. The predicted molar refractivity (Wildman–Crippen MR) is 104 cm³/mol. The molecule has 7 heteroatoms. The third-order valence-corrected chi connectivity index (χ3v) is 4.54. The molecule has 2 aromatic heterocycles. The first-order valence-electron chi connectivity index (χ1n) is 9.02. The highest BCUT2D eigenvalue weighted by Gasteiger charge is 2.27. The summed E-state index contributed by atoms with van der Waals surface area (Å²) in [6, 6.07) is 11.6. The van der Waals surface area contributed by atoms with E-state index < -0.39 is 0 Å². The number of nitrogens with zero attached hydrogens (tertiary/aromatic N) is 5. The van der Waals surface area contributed by atoms with E-state index in [4.69, 9.17) is 0 Å². The van der Waals surface area contributed by atoms with E-state index in [-0.39, 0.29) is 5.91 Å². The van der Waals surface area contributed by atoms with Crippen molar-refractivity contribution >= 4 is 17.4 Å². The van der Waals surface area contributed by atoms with Gasteiger partial charge in [0.2, 0.25) is 0 Å². The summed E-state index contributed by atoms with van der Waals surface area (Å²) in [7, 11) is 1.81. The lowest BCUT2D eigenvalue weighted by atomic mass is 10.1. The van der Waals surface area contributed by atoms with Crippen LogP contribution < -0.4 is 5.32 Å². The molecule has 4 rings (SSSR count). The van der Waals surface area contributed by atoms with E-state index in [1.165, 1.54) is 0 Å². The van der Waals surface area contributed by atoms with E-state index in [0.29, 0.717) is 18.3 Å². The average molecular weight is 362 g/mol. The smallest absolute Gasteiger partial charge is 0.256 e. The first kappa shape index (κ1) is 17.2. The summed E-state index contributed by atoms with van der Waals surface area (Å²) >= 11 is 0. The maximum absolute atomic E-state index is 12.5. The van der Waals surface area contributed by atoms with Crippen molar-refractivity contribution in [2.45, 2.75) is 26.9 Å². The SMILES string of the molecule is CC(C)Cn1cnnc1-c1cccc(Nc2cccc3c2C(=O)N(C)C3)n1. The molecule has 1 aliphatic rings. The second-order valence-electron chi connectivity index (χ2n) is 7.23. The van der Waals surface area contributed by atoms with Gasteiger partial charge in [-0.05, 0) is 29.7 Å². The molecule has 0 bridgehead atoms. The number of carbonyl (C=O) groups is 1. The molecule has 7 nitrogen and oxygen atoms in total. The molecule has 0 fully saturated rings. The van der Waals surface area contributed by atoms with Gasteiger partial charge in [0.15, 0.2) is 5.82 Å². The fraction of sp³-hybridized carbons (Fsp3) is 0.300. The van der Waals surface area contributed by atoms with Crippen LogP contribution in [0.1, 0.15) is 29.8 Å². The van der Waals surface area contributed by atoms with Gasteiger partial charge in [0.25, 0.3) is 5.91 Å². The van der Waals surface area contributed by atoms with E-state index >= 15 is 0 Å². The third-order valence-electron chi connectivity index (χ3n) is 4.54. The van der Waals surface area contributed by atoms with Crippen LogP contribution in [0.2, 0.25) is 0 Å². The third kappa shape index (κ3) is 3.28. The van der Waals surface area contributed by atoms with E-state index in [1.54, 1.807) is 11.2 Å². The van der Waals surface area contributed by atoms with Gasteiger partial charge in [-0.1, -0.05) is 32.0 Å². The van der Waals surface area contributed by atoms with Gasteiger partial charge in [0.1, 0.15) is 17.8 Å². The first-order chi connectivity index (χ1) is 13.0. The predicted octanol–water partition coefficient (Wildman–Crippen LogP) is 3.33. The van der Waals surface area contributed by atoms with Crippen molar-refractivity contribution in [3.8, 4) is 11.5 Å². The van der Waals surface area contributed by atoms with Crippen LogP contribution in [0.4, 0.5) is 11.5 Å². The average Bonchev–Trinajstić information content (AvgIpc) is 3.20. The van der Waals surface area contributed by atoms with Gasteiger partial charge in [-0.3, -0.25) is 4.79 Å². The number of benzene rings is 1. The van der Waals surface area contributed by atoms with Gasteiger partial charge in [0, 0.05) is 20.1 Å². The Morgan fingerprint density at radius 2 is 2.00 bits per heavy atom. The standard InChI is InChI=1S/C20H22N6O/c1-13(2)10-26-12-21-24-19(26)16-8-5-9-17(23-16)22-15-7-4-6-14-11-25(3)20(27)18(14)15/h4-9,12-13H,10-11H2,1-3H3,(H,22,23). The van der Waals surface area contributed by atoms with Crippen molar-refractivity contribution in [1.82, 2.24) is 24.6 Å². The van der Waals surface area contributed by atoms with Crippen LogP contribution in [0.3, 0.4) is 0 Å². The molecule has 0 radical (unpaired) electrons. The van der Waals surface area contributed by atoms with Gasteiger partial charge in [-0.2, -0.15) is 0 Å². The van der Waals surface area contributed by atoms with Crippen LogP contribution >= 0.6 is 0 Å². The fourth-order valence-corrected chi connectivity index (χ4v) is 3.35. The number of fused-ring (bicyclic) bond motifs is 1. The molecule has 3 aromatic rings. The molecule has 1 aromatic carbocycles. The zero-order valence-corrected chi connectivity index (χ0v) is 15.7. The molecule has 138 valence electrons. The molecule has 0 saturated heterocycles. The molecular weight excluding hydrogens is 340 g/mol. The van der Waals surface area contributed by atoms with Crippen LogP contribution in [0, 0.1) is 5.92 Å². The second kappa shape index (κ2) is 6.83. The number of nitrogens with one attached hydrogen (secondary N) is 1. The van der Waals surface area contributed by atoms with Crippen molar-refractivity contribution in [2.24, 2.45) is 5.92 Å². The Morgan fingerprint density at radius 1 is 1.19 bits per heavy atom. The summed E-state index contributed by atoms with van der Waals surface area (Å²) in [5, 5.41) is 11.6. The van der Waals surface area contributed by atoms with Crippen molar-refractivity contribution in [3.05, 3.63) is 53.9 Å². The second-order valence-corrected chi connectivity index (χ2v) is 7.23. The number of amides is 1. The van der Waals surface area contributed by atoms with Gasteiger partial charge in [0.05, 0.1) is 11.3 Å². The molecule has 27 heavy (non-hydrogen) atoms. The molecule has 1 N–H and O–H groups in total. The van der Waals surface area contributed by atoms with E-state index in [1.807, 2.05) is 48.0 Å². The van der Waals surface area contributed by atoms with E-state index in [0.717, 1.165) is 34.9 Å². The van der Waals surface area contributed by atoms with Crippen LogP contribution in [0.15, 0.2) is 42.7 Å². The Hall–Kier alpha value is -3.22. The quantitative estimate of drug-likeness (QED) is 0.753. The van der Waals surface area contributed by atoms with E-state index in [9.17, 15) is 4.79 Å². The highest BCUT2D eigenvalue weighted by atomic mass is 16.2. The number of carbonyl (C=O) groups excluding carboxylic acids is 1. The lowest BCUT2D eigenvalue weighted by Gasteiger charge is -2.12. The molecule has 1 amide bonds. The van der Waals surface area contributed by atoms with Gasteiger partial charge in [-0.25, -0.2) is 4.98 Å². The minimum atomic E-state index is 0.0286. The monoisotopic (exact) mass is 362 g/mol. The molecule has 0 saturated carbocycles. The van der Waals surface area contributed by atoms with Crippen LogP contribution in [0.25, 0.3) is 11.5 Å². The van der Waals surface area contributed by atoms with E-state index in [2.05, 4.69) is 34.3 Å². The Balaban J connectivity index is 1.65. The zero-order chi connectivity index (χ0) is 19.0. The van der Waals surface area contributed by atoms with Crippen LogP contribution in [-0.4, -0.2) is 37.6 Å². The number of hydrogen-bond donors (Lipinski definition) is 1. The minimum Gasteiger partial charge on any atom is -0.340 e. The Labute approximate surface area is 158 Å². The summed E-state index contributed by atoms with van der Waals surface area (Å²) in [5.41, 5.74) is 3.26. The largest absolute Gasteiger partial charge is 0.340 e. The minimum absolute atomic E-state index is 0.0286. The Morgan fingerprint density at radius 3 is 2.81 bits per heavy atom. The number of aromatic nitrogens is 4. The Bertz CT molecular complexity index is 994. The lowest BCUT2D eigenvalue weighted by molar-refractivity contribution is 0.0817. The normalized spacial score (nSPS) is 13.3. The molecule has 1 aliphatic heterocycles. The van der Waals surface area contributed by atoms with Gasteiger partial charge < -0.3 is 14.8 Å². The number of anilines is 2. The van der Waals surface area contributed by atoms with Crippen molar-refractivity contribution < 1.29 is 4.79 Å². The highest BCUT2D eigenvalue weighted by Crippen LogP contribution is 2.30. The molecule has 0 spiro atoms. The number of rotatable bonds is 5. The zero-order valence-electron chi connectivity index (χ0n) is 15.7. The summed E-state index contributed by atoms with van der Waals surface area (Å²) in [4.78, 5) is 18.9. The topological polar surface area (TPSA) is 75.9 Å². The molecular formula is C20H22N6O. The molecule has 0 unspecified atom stereocenters. The summed E-state index contributed by atoms with van der Waals surface area (Å²) in [5.74, 6) is 1.92. The first-order valence-corrected chi connectivity index (χ1v) is 9.02. The van der Waals surface area contributed by atoms with Crippen molar-refractivity contribution in [1.29, 1.82) is 0 Å². The number of hydrogen-bond acceptors (Lipinski definition) is 5. The van der Waals surface area contributed by atoms with Gasteiger partial charge in [-0.15, -0.1) is 10.2 Å². The molecule has 0 aliphatic carbocycles. The lowest BCUT2D eigenvalue weighted by Crippen LogP contribution is -2.18. The Kier molecular flexibility index (Phi) is 4.35. The van der Waals surface area contributed by atoms with Crippen LogP contribution in [-0.2, 0) is 13.1 Å². The fourth-order valence-electron chi connectivity index (χ4n) is 3.35. The summed E-state index contributed by atoms with van der Waals surface area (Å²) < 4.78 is 2.01. The van der Waals surface area contributed by atoms with Crippen LogP contribution in [0.5, 0.6) is 0 Å².